The summed E-state index contributed by atoms with van der Waals surface area (Å²) < 4.78 is 1.49. The Kier molecular flexibility index (Phi) is 3.97. The quantitative estimate of drug-likeness (QED) is 0.790. The summed E-state index contributed by atoms with van der Waals surface area (Å²) in [6, 6.07) is 10.9. The summed E-state index contributed by atoms with van der Waals surface area (Å²) >= 11 is 0. The number of hydrogen-bond donors (Lipinski definition) is 2. The van der Waals surface area contributed by atoms with E-state index in [4.69, 9.17) is 0 Å². The van der Waals surface area contributed by atoms with Crippen molar-refractivity contribution in [1.82, 2.24) is 9.55 Å². The first-order valence-electron chi connectivity index (χ1n) is 5.93. The standard InChI is InChI=1S/C14H15N3O2/c1-2-8-15-12-9-13(18)16-14(19)17(12)10-11-6-4-3-5-7-11/h2-7,9,15H,1,8,10H2,(H,16,18,19). The van der Waals surface area contributed by atoms with Crippen LogP contribution < -0.4 is 16.6 Å². The average Bonchev–Trinajstić information content (AvgIpc) is 2.41. The SMILES string of the molecule is C=CCNc1cc(=O)[nH]c(=O)n1Cc1ccccc1. The Hall–Kier alpha value is -2.56. The van der Waals surface area contributed by atoms with Gasteiger partial charge in [-0.15, -0.1) is 6.58 Å². The van der Waals surface area contributed by atoms with Gasteiger partial charge in [-0.3, -0.25) is 14.3 Å². The molecule has 0 spiro atoms. The van der Waals surface area contributed by atoms with Crippen LogP contribution in [0.25, 0.3) is 0 Å². The zero-order valence-corrected chi connectivity index (χ0v) is 10.4. The number of nitrogens with zero attached hydrogens (tertiary/aromatic N) is 1. The molecule has 0 amide bonds. The van der Waals surface area contributed by atoms with Crippen LogP contribution in [0.1, 0.15) is 5.56 Å². The van der Waals surface area contributed by atoms with Crippen molar-refractivity contribution in [3.05, 3.63) is 75.5 Å². The van der Waals surface area contributed by atoms with Crippen LogP contribution in [0.4, 0.5) is 5.82 Å². The zero-order chi connectivity index (χ0) is 13.7. The van der Waals surface area contributed by atoms with E-state index in [0.29, 0.717) is 18.9 Å². The number of H-pyrrole nitrogens is 1. The van der Waals surface area contributed by atoms with E-state index in [1.807, 2.05) is 30.3 Å². The molecule has 0 radical (unpaired) electrons. The van der Waals surface area contributed by atoms with Crippen LogP contribution in [0.15, 0.2) is 58.6 Å². The fourth-order valence-corrected chi connectivity index (χ4v) is 1.77. The second kappa shape index (κ2) is 5.86. The highest BCUT2D eigenvalue weighted by Gasteiger charge is 2.05. The van der Waals surface area contributed by atoms with Gasteiger partial charge in [-0.25, -0.2) is 4.79 Å². The molecular formula is C14H15N3O2. The van der Waals surface area contributed by atoms with E-state index >= 15 is 0 Å². The molecule has 0 unspecified atom stereocenters. The van der Waals surface area contributed by atoms with Gasteiger partial charge in [-0.05, 0) is 5.56 Å². The molecule has 5 heteroatoms. The van der Waals surface area contributed by atoms with Crippen molar-refractivity contribution in [2.45, 2.75) is 6.54 Å². The first-order chi connectivity index (χ1) is 9.20. The molecule has 0 bridgehead atoms. The van der Waals surface area contributed by atoms with Gasteiger partial charge in [0.2, 0.25) is 0 Å². The van der Waals surface area contributed by atoms with E-state index in [1.54, 1.807) is 6.08 Å². The summed E-state index contributed by atoms with van der Waals surface area (Å²) in [4.78, 5) is 25.5. The van der Waals surface area contributed by atoms with Gasteiger partial charge in [-0.1, -0.05) is 36.4 Å². The monoisotopic (exact) mass is 257 g/mol. The summed E-state index contributed by atoms with van der Waals surface area (Å²) in [6.45, 7) is 4.48. The Morgan fingerprint density at radius 2 is 2.00 bits per heavy atom. The lowest BCUT2D eigenvalue weighted by Gasteiger charge is -2.12. The topological polar surface area (TPSA) is 66.9 Å². The van der Waals surface area contributed by atoms with E-state index in [-0.39, 0.29) is 0 Å². The summed E-state index contributed by atoms with van der Waals surface area (Å²) in [5.74, 6) is 0.484. The molecule has 1 aromatic carbocycles. The molecule has 0 saturated carbocycles. The largest absolute Gasteiger partial charge is 0.368 e. The smallest absolute Gasteiger partial charge is 0.330 e. The number of rotatable bonds is 5. The van der Waals surface area contributed by atoms with Gasteiger partial charge in [-0.2, -0.15) is 0 Å². The third-order valence-corrected chi connectivity index (χ3v) is 2.64. The van der Waals surface area contributed by atoms with E-state index < -0.39 is 11.2 Å². The van der Waals surface area contributed by atoms with Gasteiger partial charge < -0.3 is 5.32 Å². The van der Waals surface area contributed by atoms with Crippen LogP contribution in [0.3, 0.4) is 0 Å². The first kappa shape index (κ1) is 12.9. The third-order valence-electron chi connectivity index (χ3n) is 2.64. The van der Waals surface area contributed by atoms with Gasteiger partial charge in [0.25, 0.3) is 5.56 Å². The number of anilines is 1. The lowest BCUT2D eigenvalue weighted by molar-refractivity contribution is 0.727. The summed E-state index contributed by atoms with van der Waals surface area (Å²) in [6.07, 6.45) is 1.67. The Balaban J connectivity index is 2.40. The molecule has 0 aliphatic rings. The molecule has 0 aliphatic carbocycles. The van der Waals surface area contributed by atoms with Gasteiger partial charge in [0.05, 0.1) is 6.54 Å². The number of benzene rings is 1. The maximum atomic E-state index is 11.9. The number of hydrogen-bond acceptors (Lipinski definition) is 3. The van der Waals surface area contributed by atoms with Crippen LogP contribution in [0.2, 0.25) is 0 Å². The Labute approximate surface area is 110 Å². The molecule has 5 nitrogen and oxygen atoms in total. The molecule has 1 heterocycles. The van der Waals surface area contributed by atoms with Crippen molar-refractivity contribution >= 4 is 5.82 Å². The highest BCUT2D eigenvalue weighted by molar-refractivity contribution is 5.35. The molecule has 2 aromatic rings. The van der Waals surface area contributed by atoms with Crippen molar-refractivity contribution in [3.8, 4) is 0 Å². The van der Waals surface area contributed by atoms with Gasteiger partial charge in [0, 0.05) is 12.6 Å². The van der Waals surface area contributed by atoms with Crippen molar-refractivity contribution in [1.29, 1.82) is 0 Å². The van der Waals surface area contributed by atoms with Crippen molar-refractivity contribution < 1.29 is 0 Å². The minimum absolute atomic E-state index is 0.399. The Bertz CT molecular complexity index is 671. The molecular weight excluding hydrogens is 242 g/mol. The first-order valence-corrected chi connectivity index (χ1v) is 5.93. The molecule has 0 fully saturated rings. The fourth-order valence-electron chi connectivity index (χ4n) is 1.77. The van der Waals surface area contributed by atoms with Crippen LogP contribution in [0, 0.1) is 0 Å². The molecule has 0 saturated heterocycles. The minimum atomic E-state index is -0.428. The molecule has 1 aromatic heterocycles. The average molecular weight is 257 g/mol. The van der Waals surface area contributed by atoms with E-state index in [1.165, 1.54) is 10.6 Å². The van der Waals surface area contributed by atoms with Crippen molar-refractivity contribution in [2.75, 3.05) is 11.9 Å². The van der Waals surface area contributed by atoms with Crippen LogP contribution in [-0.4, -0.2) is 16.1 Å². The van der Waals surface area contributed by atoms with E-state index in [0.717, 1.165) is 5.56 Å². The van der Waals surface area contributed by atoms with Crippen molar-refractivity contribution in [2.24, 2.45) is 0 Å². The maximum absolute atomic E-state index is 11.9. The second-order valence-corrected chi connectivity index (χ2v) is 4.07. The fraction of sp³-hybridized carbons (Fsp3) is 0.143. The summed E-state index contributed by atoms with van der Waals surface area (Å²) in [5.41, 5.74) is 0.141. The lowest BCUT2D eigenvalue weighted by Crippen LogP contribution is -2.32. The Morgan fingerprint density at radius 1 is 1.26 bits per heavy atom. The molecule has 2 rings (SSSR count). The maximum Gasteiger partial charge on any atom is 0.330 e. The minimum Gasteiger partial charge on any atom is -0.368 e. The second-order valence-electron chi connectivity index (χ2n) is 4.07. The number of aromatic amines is 1. The lowest BCUT2D eigenvalue weighted by atomic mass is 10.2. The molecule has 0 atom stereocenters. The predicted octanol–water partition coefficient (Wildman–Crippen LogP) is 1.18. The van der Waals surface area contributed by atoms with Gasteiger partial charge in [0.15, 0.2) is 0 Å². The Morgan fingerprint density at radius 3 is 2.68 bits per heavy atom. The summed E-state index contributed by atoms with van der Waals surface area (Å²) in [7, 11) is 0. The highest BCUT2D eigenvalue weighted by atomic mass is 16.2. The van der Waals surface area contributed by atoms with Gasteiger partial charge in [0.1, 0.15) is 5.82 Å². The van der Waals surface area contributed by atoms with Crippen LogP contribution in [0.5, 0.6) is 0 Å². The summed E-state index contributed by atoms with van der Waals surface area (Å²) in [5, 5.41) is 2.99. The van der Waals surface area contributed by atoms with Crippen molar-refractivity contribution in [3.63, 3.8) is 0 Å². The molecule has 19 heavy (non-hydrogen) atoms. The normalized spacial score (nSPS) is 10.1. The van der Waals surface area contributed by atoms with Crippen LogP contribution >= 0.6 is 0 Å². The molecule has 0 aliphatic heterocycles. The third kappa shape index (κ3) is 3.22. The molecule has 2 N–H and O–H groups in total. The number of aromatic nitrogens is 2. The molecule has 98 valence electrons. The highest BCUT2D eigenvalue weighted by Crippen LogP contribution is 2.06. The van der Waals surface area contributed by atoms with Gasteiger partial charge >= 0.3 is 5.69 Å². The zero-order valence-electron chi connectivity index (χ0n) is 10.4. The van der Waals surface area contributed by atoms with Crippen LogP contribution in [-0.2, 0) is 6.54 Å². The van der Waals surface area contributed by atoms with E-state index in [2.05, 4.69) is 16.9 Å². The number of nitrogens with one attached hydrogen (secondary N) is 2. The van der Waals surface area contributed by atoms with E-state index in [9.17, 15) is 9.59 Å². The predicted molar refractivity (Wildman–Crippen MR) is 75.6 cm³/mol.